The monoisotopic (exact) mass is 243 g/mol. The molecule has 0 aliphatic carbocycles. The Bertz CT molecular complexity index is 254. The average molecular weight is 243 g/mol. The fraction of sp³-hybridized carbons (Fsp3) is 0.923. The summed E-state index contributed by atoms with van der Waals surface area (Å²) in [5, 5.41) is 9.85. The first-order valence-electron chi connectivity index (χ1n) is 6.49. The third kappa shape index (κ3) is 4.54. The highest BCUT2D eigenvalue weighted by Gasteiger charge is 2.37. The minimum absolute atomic E-state index is 0.231. The van der Waals surface area contributed by atoms with Gasteiger partial charge in [0, 0.05) is 19.0 Å². The number of hydrogen-bond acceptors (Lipinski definition) is 3. The molecule has 1 saturated heterocycles. The summed E-state index contributed by atoms with van der Waals surface area (Å²) in [6, 6.07) is 0. The molecular weight excluding hydrogens is 218 g/mol. The zero-order valence-corrected chi connectivity index (χ0v) is 11.4. The Morgan fingerprint density at radius 1 is 1.47 bits per heavy atom. The molecule has 4 nitrogen and oxygen atoms in total. The summed E-state index contributed by atoms with van der Waals surface area (Å²) in [6.07, 6.45) is 2.44. The van der Waals surface area contributed by atoms with E-state index in [0.717, 1.165) is 19.3 Å². The van der Waals surface area contributed by atoms with E-state index in [1.54, 1.807) is 4.90 Å². The molecule has 0 aromatic heterocycles. The molecule has 0 radical (unpaired) electrons. The van der Waals surface area contributed by atoms with Crippen LogP contribution in [0.1, 0.15) is 47.0 Å². The summed E-state index contributed by atoms with van der Waals surface area (Å²) in [5.74, 6) is 0.231. The van der Waals surface area contributed by atoms with Crippen molar-refractivity contribution < 1.29 is 14.6 Å². The molecule has 1 rings (SSSR count). The van der Waals surface area contributed by atoms with Gasteiger partial charge >= 0.3 is 6.09 Å². The lowest BCUT2D eigenvalue weighted by atomic mass is 9.91. The van der Waals surface area contributed by atoms with Gasteiger partial charge in [-0.15, -0.1) is 0 Å². The second-order valence-electron chi connectivity index (χ2n) is 5.85. The molecule has 0 aromatic carbocycles. The van der Waals surface area contributed by atoms with Crippen molar-refractivity contribution in [1.82, 2.24) is 4.90 Å². The van der Waals surface area contributed by atoms with Crippen LogP contribution in [-0.4, -0.2) is 40.9 Å². The molecule has 0 saturated carbocycles. The van der Waals surface area contributed by atoms with Crippen molar-refractivity contribution in [3.05, 3.63) is 0 Å². The van der Waals surface area contributed by atoms with Crippen molar-refractivity contribution in [1.29, 1.82) is 0 Å². The summed E-state index contributed by atoms with van der Waals surface area (Å²) in [7, 11) is 0. The van der Waals surface area contributed by atoms with Gasteiger partial charge < -0.3 is 14.7 Å². The van der Waals surface area contributed by atoms with E-state index in [9.17, 15) is 9.90 Å². The summed E-state index contributed by atoms with van der Waals surface area (Å²) in [6.45, 7) is 8.94. The van der Waals surface area contributed by atoms with Crippen LogP contribution in [0.2, 0.25) is 0 Å². The van der Waals surface area contributed by atoms with Crippen LogP contribution in [0.5, 0.6) is 0 Å². The van der Waals surface area contributed by atoms with E-state index in [2.05, 4.69) is 6.92 Å². The molecule has 1 atom stereocenters. The summed E-state index contributed by atoms with van der Waals surface area (Å²) in [4.78, 5) is 13.3. The summed E-state index contributed by atoms with van der Waals surface area (Å²) in [5.41, 5.74) is -0.441. The number of aliphatic hydroxyl groups is 1. The van der Waals surface area contributed by atoms with Crippen LogP contribution in [0.3, 0.4) is 0 Å². The first kappa shape index (κ1) is 14.3. The van der Waals surface area contributed by atoms with Gasteiger partial charge in [0.25, 0.3) is 0 Å². The van der Waals surface area contributed by atoms with Crippen LogP contribution in [-0.2, 0) is 4.74 Å². The fourth-order valence-electron chi connectivity index (χ4n) is 1.88. The van der Waals surface area contributed by atoms with Gasteiger partial charge in [0.1, 0.15) is 5.60 Å². The second kappa shape index (κ2) is 5.71. The fourth-order valence-corrected chi connectivity index (χ4v) is 1.88. The number of aliphatic hydroxyl groups excluding tert-OH is 1. The van der Waals surface area contributed by atoms with Gasteiger partial charge in [-0.1, -0.05) is 19.8 Å². The molecule has 0 aromatic rings. The number of carbonyl (C=O) groups excluding carboxylic acids is 1. The molecule has 1 heterocycles. The van der Waals surface area contributed by atoms with Gasteiger partial charge in [0.15, 0.2) is 0 Å². The Balaban J connectivity index is 2.24. The molecule has 1 N–H and O–H groups in total. The first-order valence-corrected chi connectivity index (χ1v) is 6.49. The highest BCUT2D eigenvalue weighted by atomic mass is 16.6. The van der Waals surface area contributed by atoms with E-state index in [-0.39, 0.29) is 18.1 Å². The van der Waals surface area contributed by atoms with Gasteiger partial charge in [-0.25, -0.2) is 4.79 Å². The van der Waals surface area contributed by atoms with Crippen molar-refractivity contribution in [3.8, 4) is 0 Å². The number of carbonyl (C=O) groups is 1. The van der Waals surface area contributed by atoms with E-state index in [1.807, 2.05) is 20.8 Å². The van der Waals surface area contributed by atoms with Crippen LogP contribution in [0.25, 0.3) is 0 Å². The lowest BCUT2D eigenvalue weighted by molar-refractivity contribution is -0.0327. The largest absolute Gasteiger partial charge is 0.444 e. The minimum atomic E-state index is -0.441. The molecule has 0 bridgehead atoms. The van der Waals surface area contributed by atoms with E-state index in [4.69, 9.17) is 4.74 Å². The molecule has 1 aliphatic heterocycles. The number of ether oxygens (including phenoxy) is 1. The average Bonchev–Trinajstić information content (AvgIpc) is 2.09. The smallest absolute Gasteiger partial charge is 0.410 e. The van der Waals surface area contributed by atoms with E-state index < -0.39 is 5.60 Å². The normalized spacial score (nSPS) is 18.8. The number of rotatable bonds is 4. The molecule has 0 spiro atoms. The maximum atomic E-state index is 11.6. The van der Waals surface area contributed by atoms with Gasteiger partial charge in [0.05, 0.1) is 6.10 Å². The maximum Gasteiger partial charge on any atom is 0.410 e. The SMILES string of the molecule is CCCC[C@H](O)C1CN(C(=O)OC(C)(C)C)C1. The Kier molecular flexibility index (Phi) is 4.80. The third-order valence-corrected chi connectivity index (χ3v) is 2.96. The molecule has 4 heteroatoms. The van der Waals surface area contributed by atoms with Crippen molar-refractivity contribution in [2.45, 2.75) is 58.7 Å². The van der Waals surface area contributed by atoms with Crippen LogP contribution < -0.4 is 0 Å². The Hall–Kier alpha value is -0.770. The standard InChI is InChI=1S/C13H25NO3/c1-5-6-7-11(15)10-8-14(9-10)12(16)17-13(2,3)4/h10-11,15H,5-9H2,1-4H3/t11-/m0/s1. The zero-order valence-electron chi connectivity index (χ0n) is 11.4. The lowest BCUT2D eigenvalue weighted by Crippen LogP contribution is -2.55. The van der Waals surface area contributed by atoms with E-state index in [1.165, 1.54) is 0 Å². The summed E-state index contributed by atoms with van der Waals surface area (Å²) >= 11 is 0. The predicted molar refractivity (Wildman–Crippen MR) is 66.8 cm³/mol. The summed E-state index contributed by atoms with van der Waals surface area (Å²) < 4.78 is 5.26. The van der Waals surface area contributed by atoms with Gasteiger partial charge in [-0.3, -0.25) is 0 Å². The van der Waals surface area contributed by atoms with Gasteiger partial charge in [-0.2, -0.15) is 0 Å². The predicted octanol–water partition coefficient (Wildman–Crippen LogP) is 2.40. The van der Waals surface area contributed by atoms with Crippen molar-refractivity contribution >= 4 is 6.09 Å². The van der Waals surface area contributed by atoms with E-state index in [0.29, 0.717) is 13.1 Å². The minimum Gasteiger partial charge on any atom is -0.444 e. The lowest BCUT2D eigenvalue weighted by Gasteiger charge is -2.41. The second-order valence-corrected chi connectivity index (χ2v) is 5.85. The molecule has 1 fully saturated rings. The number of hydrogen-bond donors (Lipinski definition) is 1. The quantitative estimate of drug-likeness (QED) is 0.825. The first-order chi connectivity index (χ1) is 7.83. The van der Waals surface area contributed by atoms with Crippen molar-refractivity contribution in [2.75, 3.05) is 13.1 Å². The molecule has 1 amide bonds. The number of nitrogens with zero attached hydrogens (tertiary/aromatic N) is 1. The highest BCUT2D eigenvalue weighted by Crippen LogP contribution is 2.24. The van der Waals surface area contributed by atoms with Crippen LogP contribution >= 0.6 is 0 Å². The zero-order chi connectivity index (χ0) is 13.1. The van der Waals surface area contributed by atoms with Crippen molar-refractivity contribution in [2.24, 2.45) is 5.92 Å². The molecule has 17 heavy (non-hydrogen) atoms. The highest BCUT2D eigenvalue weighted by molar-refractivity contribution is 5.69. The van der Waals surface area contributed by atoms with Crippen molar-refractivity contribution in [3.63, 3.8) is 0 Å². The topological polar surface area (TPSA) is 49.8 Å². The Labute approximate surface area is 104 Å². The van der Waals surface area contributed by atoms with Gasteiger partial charge in [-0.05, 0) is 27.2 Å². The Morgan fingerprint density at radius 2 is 2.06 bits per heavy atom. The number of unbranched alkanes of at least 4 members (excludes halogenated alkanes) is 1. The molecule has 100 valence electrons. The van der Waals surface area contributed by atoms with Crippen LogP contribution in [0.15, 0.2) is 0 Å². The molecule has 0 unspecified atom stereocenters. The molecule has 1 aliphatic rings. The Morgan fingerprint density at radius 3 is 2.53 bits per heavy atom. The number of likely N-dealkylation sites (tertiary alicyclic amines) is 1. The van der Waals surface area contributed by atoms with Crippen LogP contribution in [0.4, 0.5) is 4.79 Å². The van der Waals surface area contributed by atoms with Gasteiger partial charge in [0.2, 0.25) is 0 Å². The third-order valence-electron chi connectivity index (χ3n) is 2.96. The number of amides is 1. The molecular formula is C13H25NO3. The maximum absolute atomic E-state index is 11.6. The van der Waals surface area contributed by atoms with Crippen LogP contribution in [0, 0.1) is 5.92 Å². The van der Waals surface area contributed by atoms with E-state index >= 15 is 0 Å².